The Balaban J connectivity index is 1.31. The van der Waals surface area contributed by atoms with Crippen LogP contribution in [0.3, 0.4) is 0 Å². The number of fused-ring (bicyclic) bond motifs is 3. The van der Waals surface area contributed by atoms with Crippen molar-refractivity contribution in [2.24, 2.45) is 17.8 Å². The lowest BCUT2D eigenvalue weighted by Crippen LogP contribution is -2.45. The first-order valence-electron chi connectivity index (χ1n) is 14.2. The molecule has 3 aromatic carbocycles. The minimum absolute atomic E-state index is 0.0407. The van der Waals surface area contributed by atoms with Gasteiger partial charge in [-0.3, -0.25) is 14.5 Å². The first-order valence-corrected chi connectivity index (χ1v) is 15.3. The standard InChI is InChI=1S/C32H32BIN2O6/c1-3-7-18-14-24-28(23-17-26(42-33(40)29(18)23)19-15-25(34)30(37)27(16-19)41-2)32(39)36(31(24)38)22-12-10-21(11-13-22)35-20-8-5-4-6-9-20/h4-6,8-13,15-16,23-24,26,28,35,37,40H,3,7,14,17H2,1-2H3/t23-,24-,26-,28+/m0/s1. The first-order chi connectivity index (χ1) is 20.3. The average Bonchev–Trinajstić information content (AvgIpc) is 3.24. The highest BCUT2D eigenvalue weighted by Gasteiger charge is 2.58. The van der Waals surface area contributed by atoms with Gasteiger partial charge in [-0.25, -0.2) is 0 Å². The number of hydrogen-bond donors (Lipinski definition) is 3. The van der Waals surface area contributed by atoms with Crippen molar-refractivity contribution in [1.82, 2.24) is 0 Å². The van der Waals surface area contributed by atoms with Gasteiger partial charge in [-0.15, -0.1) is 0 Å². The molecular formula is C32H32BIN2O6. The number of halogens is 1. The summed E-state index contributed by atoms with van der Waals surface area (Å²) in [6.07, 6.45) is 1.91. The quantitative estimate of drug-likeness (QED) is 0.156. The number of amides is 2. The Labute approximate surface area is 259 Å². The van der Waals surface area contributed by atoms with Crippen LogP contribution in [0.5, 0.6) is 11.5 Å². The number of phenolic OH excluding ortho intramolecular Hbond substituents is 1. The second kappa shape index (κ2) is 11.7. The van der Waals surface area contributed by atoms with Crippen LogP contribution >= 0.6 is 22.6 Å². The molecule has 2 fully saturated rings. The zero-order valence-electron chi connectivity index (χ0n) is 23.4. The number of imide groups is 1. The van der Waals surface area contributed by atoms with E-state index in [-0.39, 0.29) is 23.5 Å². The number of anilines is 3. The Bertz CT molecular complexity index is 1550. The lowest BCUT2D eigenvalue weighted by Gasteiger charge is -2.42. The number of nitrogens with one attached hydrogen (secondary N) is 1. The van der Waals surface area contributed by atoms with Gasteiger partial charge in [0.1, 0.15) is 0 Å². The number of benzene rings is 3. The Morgan fingerprint density at radius 3 is 2.45 bits per heavy atom. The summed E-state index contributed by atoms with van der Waals surface area (Å²) < 4.78 is 12.1. The Kier molecular flexibility index (Phi) is 8.04. The van der Waals surface area contributed by atoms with Gasteiger partial charge in [0.15, 0.2) is 11.5 Å². The number of ether oxygens (including phenoxy) is 1. The normalized spacial score (nSPS) is 23.6. The third-order valence-electron chi connectivity index (χ3n) is 8.59. The topological polar surface area (TPSA) is 108 Å². The van der Waals surface area contributed by atoms with Crippen molar-refractivity contribution in [3.63, 3.8) is 0 Å². The van der Waals surface area contributed by atoms with Crippen molar-refractivity contribution in [2.75, 3.05) is 17.3 Å². The summed E-state index contributed by atoms with van der Waals surface area (Å²) in [5.41, 5.74) is 4.84. The lowest BCUT2D eigenvalue weighted by molar-refractivity contribution is -0.123. The van der Waals surface area contributed by atoms with E-state index in [9.17, 15) is 19.7 Å². The second-order valence-electron chi connectivity index (χ2n) is 11.1. The number of aromatic hydroxyl groups is 1. The van der Waals surface area contributed by atoms with E-state index in [0.29, 0.717) is 27.8 Å². The molecule has 0 radical (unpaired) electrons. The van der Waals surface area contributed by atoms with Crippen molar-refractivity contribution in [3.05, 3.63) is 86.9 Å². The van der Waals surface area contributed by atoms with Gasteiger partial charge in [-0.2, -0.15) is 0 Å². The van der Waals surface area contributed by atoms with Gasteiger partial charge in [-0.1, -0.05) is 37.1 Å². The number of carbonyl (C=O) groups excluding carboxylic acids is 2. The van der Waals surface area contributed by atoms with E-state index < -0.39 is 25.1 Å². The van der Waals surface area contributed by atoms with Crippen molar-refractivity contribution in [1.29, 1.82) is 0 Å². The van der Waals surface area contributed by atoms with E-state index in [4.69, 9.17) is 9.39 Å². The fourth-order valence-corrected chi connectivity index (χ4v) is 7.36. The van der Waals surface area contributed by atoms with Crippen molar-refractivity contribution in [3.8, 4) is 11.5 Å². The Morgan fingerprint density at radius 1 is 1.05 bits per heavy atom. The van der Waals surface area contributed by atoms with E-state index in [1.807, 2.05) is 65.1 Å². The van der Waals surface area contributed by atoms with E-state index in [1.165, 1.54) is 12.0 Å². The van der Waals surface area contributed by atoms with Crippen LogP contribution in [0.25, 0.3) is 0 Å². The average molecular weight is 678 g/mol. The molecule has 1 aliphatic carbocycles. The maximum Gasteiger partial charge on any atom is 0.487 e. The van der Waals surface area contributed by atoms with Gasteiger partial charge < -0.3 is 24.8 Å². The van der Waals surface area contributed by atoms with E-state index >= 15 is 0 Å². The number of nitrogens with zero attached hydrogens (tertiary/aromatic N) is 1. The molecule has 3 aliphatic rings. The van der Waals surface area contributed by atoms with Crippen LogP contribution in [0.15, 0.2) is 77.8 Å². The number of methoxy groups -OCH3 is 1. The maximum absolute atomic E-state index is 14.1. The molecule has 0 aromatic heterocycles. The van der Waals surface area contributed by atoms with Gasteiger partial charge in [0, 0.05) is 11.4 Å². The monoisotopic (exact) mass is 678 g/mol. The largest absolute Gasteiger partial charge is 0.504 e. The maximum atomic E-state index is 14.1. The lowest BCUT2D eigenvalue weighted by atomic mass is 9.54. The predicted octanol–water partition coefficient (Wildman–Crippen LogP) is 6.15. The number of rotatable bonds is 7. The van der Waals surface area contributed by atoms with Crippen molar-refractivity contribution < 1.29 is 29.1 Å². The minimum atomic E-state index is -1.19. The SMILES string of the molecule is CCCC1=C2B(O)O[C@H](c3cc(I)c(O)c(OC)c3)C[C@H]2[C@H]2C(=O)N(c3ccc(Nc4ccccc4)cc3)C(=O)[C@H]2C1. The summed E-state index contributed by atoms with van der Waals surface area (Å²) in [5, 5.41) is 25.0. The third-order valence-corrected chi connectivity index (χ3v) is 9.42. The van der Waals surface area contributed by atoms with E-state index in [2.05, 4.69) is 12.2 Å². The molecule has 2 saturated heterocycles. The zero-order chi connectivity index (χ0) is 29.5. The molecule has 0 saturated carbocycles. The van der Waals surface area contributed by atoms with Gasteiger partial charge in [0.2, 0.25) is 11.8 Å². The first kappa shape index (κ1) is 28.8. The molecule has 8 nitrogen and oxygen atoms in total. The minimum Gasteiger partial charge on any atom is -0.504 e. The molecule has 42 heavy (non-hydrogen) atoms. The number of allylic oxidation sites excluding steroid dienone is 2. The highest BCUT2D eigenvalue weighted by atomic mass is 127. The fourth-order valence-electron chi connectivity index (χ4n) is 6.74. The van der Waals surface area contributed by atoms with Crippen LogP contribution < -0.4 is 15.0 Å². The molecule has 0 bridgehead atoms. The number of para-hydroxylation sites is 1. The van der Waals surface area contributed by atoms with Crippen LogP contribution in [0.2, 0.25) is 0 Å². The molecule has 3 N–H and O–H groups in total. The fraction of sp³-hybridized carbons (Fsp3) is 0.312. The van der Waals surface area contributed by atoms with Crippen LogP contribution in [-0.2, 0) is 14.2 Å². The molecule has 0 unspecified atom stereocenters. The molecule has 0 spiro atoms. The second-order valence-corrected chi connectivity index (χ2v) is 12.2. The molecular weight excluding hydrogens is 646 g/mol. The highest BCUT2D eigenvalue weighted by molar-refractivity contribution is 14.1. The molecule has 2 amide bonds. The molecule has 2 heterocycles. The van der Waals surface area contributed by atoms with E-state index in [1.54, 1.807) is 24.3 Å². The Hall–Kier alpha value is -3.35. The summed E-state index contributed by atoms with van der Waals surface area (Å²) in [7, 11) is 0.297. The zero-order valence-corrected chi connectivity index (χ0v) is 25.6. The predicted molar refractivity (Wildman–Crippen MR) is 169 cm³/mol. The van der Waals surface area contributed by atoms with Crippen molar-refractivity contribution >= 4 is 58.6 Å². The van der Waals surface area contributed by atoms with Gasteiger partial charge in [0.25, 0.3) is 0 Å². The molecule has 6 rings (SSSR count). The molecule has 2 aliphatic heterocycles. The van der Waals surface area contributed by atoms with Crippen LogP contribution in [-0.4, -0.2) is 36.2 Å². The molecule has 4 atom stereocenters. The van der Waals surface area contributed by atoms with Gasteiger partial charge in [0.05, 0.1) is 34.3 Å². The summed E-state index contributed by atoms with van der Waals surface area (Å²) in [6.45, 7) is 2.07. The third kappa shape index (κ3) is 5.09. The van der Waals surface area contributed by atoms with Crippen LogP contribution in [0.1, 0.15) is 44.3 Å². The number of phenols is 1. The summed E-state index contributed by atoms with van der Waals surface area (Å²) in [6, 6.07) is 20.6. The summed E-state index contributed by atoms with van der Waals surface area (Å²) in [5.74, 6) is -1.51. The van der Waals surface area contributed by atoms with Gasteiger partial charge in [-0.05, 0) is 107 Å². The molecule has 10 heteroatoms. The molecule has 3 aromatic rings. The van der Waals surface area contributed by atoms with Crippen LogP contribution in [0.4, 0.5) is 17.1 Å². The summed E-state index contributed by atoms with van der Waals surface area (Å²) >= 11 is 2.03. The van der Waals surface area contributed by atoms with Gasteiger partial charge >= 0.3 is 7.12 Å². The summed E-state index contributed by atoms with van der Waals surface area (Å²) in [4.78, 5) is 29.3. The highest BCUT2D eigenvalue weighted by Crippen LogP contribution is 2.53. The van der Waals surface area contributed by atoms with E-state index in [0.717, 1.165) is 40.8 Å². The van der Waals surface area contributed by atoms with Crippen molar-refractivity contribution in [2.45, 2.75) is 38.7 Å². The number of hydrogen-bond acceptors (Lipinski definition) is 7. The molecule has 216 valence electrons. The van der Waals surface area contributed by atoms with Crippen LogP contribution in [0, 0.1) is 21.3 Å². The number of carbonyl (C=O) groups is 2. The Morgan fingerprint density at radius 2 is 1.76 bits per heavy atom. The smallest absolute Gasteiger partial charge is 0.487 e.